The second-order valence-electron chi connectivity index (χ2n) is 5.38. The zero-order valence-corrected chi connectivity index (χ0v) is 11.6. The average Bonchev–Trinajstić information content (AvgIpc) is 3.16. The number of aromatic hydroxyl groups is 1. The van der Waals surface area contributed by atoms with Crippen molar-refractivity contribution in [2.45, 2.75) is 12.8 Å². The molecule has 5 nitrogen and oxygen atoms in total. The van der Waals surface area contributed by atoms with E-state index >= 15 is 0 Å². The van der Waals surface area contributed by atoms with Gasteiger partial charge in [0.15, 0.2) is 5.82 Å². The first kappa shape index (κ1) is 12.2. The van der Waals surface area contributed by atoms with E-state index in [1.807, 2.05) is 0 Å². The molecule has 1 fully saturated rings. The standard InChI is InChI=1S/C16H16N4O/c21-12-4-6-14(17-10-12)16-18-13-5-3-11(9-15(13)19-16)20-7-1-2-8-20/h3-6,9-10,21H,1-2,7-8H2,(H,18,19). The first-order valence-corrected chi connectivity index (χ1v) is 7.20. The van der Waals surface area contributed by atoms with Crippen LogP contribution in [0.25, 0.3) is 22.6 Å². The zero-order chi connectivity index (χ0) is 14.2. The summed E-state index contributed by atoms with van der Waals surface area (Å²) in [6.45, 7) is 2.25. The van der Waals surface area contributed by atoms with Gasteiger partial charge in [-0.3, -0.25) is 0 Å². The number of H-pyrrole nitrogens is 1. The van der Waals surface area contributed by atoms with E-state index in [1.54, 1.807) is 12.1 Å². The van der Waals surface area contributed by atoms with Gasteiger partial charge < -0.3 is 15.0 Å². The molecule has 5 heteroatoms. The Kier molecular flexibility index (Phi) is 2.77. The van der Waals surface area contributed by atoms with Crippen molar-refractivity contribution in [1.29, 1.82) is 0 Å². The van der Waals surface area contributed by atoms with Gasteiger partial charge in [-0.25, -0.2) is 9.97 Å². The van der Waals surface area contributed by atoms with E-state index in [2.05, 4.69) is 38.1 Å². The number of nitrogens with zero attached hydrogens (tertiary/aromatic N) is 3. The Morgan fingerprint density at radius 1 is 1.10 bits per heavy atom. The summed E-state index contributed by atoms with van der Waals surface area (Å²) in [5, 5.41) is 9.30. The second kappa shape index (κ2) is 4.77. The van der Waals surface area contributed by atoms with Crippen LogP contribution in [0, 0.1) is 0 Å². The summed E-state index contributed by atoms with van der Waals surface area (Å²) in [6, 6.07) is 9.71. The summed E-state index contributed by atoms with van der Waals surface area (Å²) in [4.78, 5) is 14.5. The number of imidazole rings is 1. The molecule has 0 bridgehead atoms. The molecule has 1 aliphatic heterocycles. The lowest BCUT2D eigenvalue weighted by Crippen LogP contribution is -2.17. The summed E-state index contributed by atoms with van der Waals surface area (Å²) >= 11 is 0. The topological polar surface area (TPSA) is 65.0 Å². The maximum absolute atomic E-state index is 9.30. The summed E-state index contributed by atoms with van der Waals surface area (Å²) in [6.07, 6.45) is 3.96. The maximum atomic E-state index is 9.30. The van der Waals surface area contributed by atoms with Gasteiger partial charge in [-0.2, -0.15) is 0 Å². The Labute approximate surface area is 122 Å². The molecule has 106 valence electrons. The first-order valence-electron chi connectivity index (χ1n) is 7.20. The lowest BCUT2D eigenvalue weighted by Gasteiger charge is -2.16. The molecule has 0 radical (unpaired) electrons. The molecule has 1 aliphatic rings. The van der Waals surface area contributed by atoms with E-state index in [0.29, 0.717) is 0 Å². The number of pyridine rings is 1. The van der Waals surface area contributed by atoms with E-state index in [0.717, 1.165) is 35.6 Å². The van der Waals surface area contributed by atoms with Crippen LogP contribution >= 0.6 is 0 Å². The third kappa shape index (κ3) is 2.20. The van der Waals surface area contributed by atoms with Crippen LogP contribution in [0.1, 0.15) is 12.8 Å². The number of aromatic amines is 1. The van der Waals surface area contributed by atoms with Crippen LogP contribution in [0.15, 0.2) is 36.5 Å². The summed E-state index contributed by atoms with van der Waals surface area (Å²) < 4.78 is 0. The molecule has 0 aliphatic carbocycles. The highest BCUT2D eigenvalue weighted by Crippen LogP contribution is 2.26. The van der Waals surface area contributed by atoms with Crippen LogP contribution in [0.4, 0.5) is 5.69 Å². The quantitative estimate of drug-likeness (QED) is 0.757. The minimum atomic E-state index is 0.159. The van der Waals surface area contributed by atoms with Gasteiger partial charge in [-0.15, -0.1) is 0 Å². The number of nitrogens with one attached hydrogen (secondary N) is 1. The van der Waals surface area contributed by atoms with Crippen molar-refractivity contribution in [1.82, 2.24) is 15.0 Å². The highest BCUT2D eigenvalue weighted by Gasteiger charge is 2.14. The number of hydrogen-bond donors (Lipinski definition) is 2. The van der Waals surface area contributed by atoms with E-state index in [-0.39, 0.29) is 5.75 Å². The molecule has 0 atom stereocenters. The number of anilines is 1. The van der Waals surface area contributed by atoms with Crippen molar-refractivity contribution in [3.05, 3.63) is 36.5 Å². The second-order valence-corrected chi connectivity index (χ2v) is 5.38. The van der Waals surface area contributed by atoms with Crippen molar-refractivity contribution in [3.63, 3.8) is 0 Å². The molecular weight excluding hydrogens is 264 g/mol. The van der Waals surface area contributed by atoms with Crippen LogP contribution in [0.3, 0.4) is 0 Å². The Balaban J connectivity index is 1.73. The normalized spacial score (nSPS) is 15.0. The highest BCUT2D eigenvalue weighted by molar-refractivity contribution is 5.82. The van der Waals surface area contributed by atoms with Crippen molar-refractivity contribution >= 4 is 16.7 Å². The Bertz CT molecular complexity index is 773. The van der Waals surface area contributed by atoms with Crippen LogP contribution < -0.4 is 4.90 Å². The van der Waals surface area contributed by atoms with Crippen molar-refractivity contribution in [2.24, 2.45) is 0 Å². The molecule has 3 aromatic rings. The van der Waals surface area contributed by atoms with Gasteiger partial charge in [0.05, 0.1) is 17.2 Å². The SMILES string of the molecule is Oc1ccc(-c2nc3cc(N4CCCC4)ccc3[nH]2)nc1. The number of aromatic nitrogens is 3. The van der Waals surface area contributed by atoms with E-state index in [1.165, 1.54) is 24.7 Å². The van der Waals surface area contributed by atoms with Crippen LogP contribution in [0.2, 0.25) is 0 Å². The maximum Gasteiger partial charge on any atom is 0.157 e. The number of benzene rings is 1. The molecule has 2 N–H and O–H groups in total. The summed E-state index contributed by atoms with van der Waals surface area (Å²) in [5.74, 6) is 0.884. The third-order valence-electron chi connectivity index (χ3n) is 3.93. The molecule has 21 heavy (non-hydrogen) atoms. The van der Waals surface area contributed by atoms with E-state index in [4.69, 9.17) is 0 Å². The van der Waals surface area contributed by atoms with Crippen LogP contribution in [-0.4, -0.2) is 33.1 Å². The van der Waals surface area contributed by atoms with Gasteiger partial charge in [0.1, 0.15) is 11.4 Å². The van der Waals surface area contributed by atoms with Gasteiger partial charge in [0.2, 0.25) is 0 Å². The predicted octanol–water partition coefficient (Wildman–Crippen LogP) is 2.93. The minimum Gasteiger partial charge on any atom is -0.506 e. The number of fused-ring (bicyclic) bond motifs is 1. The lowest BCUT2D eigenvalue weighted by molar-refractivity contribution is 0.473. The molecule has 4 rings (SSSR count). The number of hydrogen-bond acceptors (Lipinski definition) is 4. The molecule has 1 aromatic carbocycles. The lowest BCUT2D eigenvalue weighted by atomic mass is 10.2. The Morgan fingerprint density at radius 2 is 1.95 bits per heavy atom. The molecule has 2 aromatic heterocycles. The largest absolute Gasteiger partial charge is 0.506 e. The third-order valence-corrected chi connectivity index (χ3v) is 3.93. The van der Waals surface area contributed by atoms with Crippen molar-refractivity contribution in [2.75, 3.05) is 18.0 Å². The molecular formula is C16H16N4O. The van der Waals surface area contributed by atoms with Crippen molar-refractivity contribution in [3.8, 4) is 17.3 Å². The monoisotopic (exact) mass is 280 g/mol. The molecule has 0 saturated carbocycles. The highest BCUT2D eigenvalue weighted by atomic mass is 16.3. The molecule has 0 unspecified atom stereocenters. The van der Waals surface area contributed by atoms with Gasteiger partial charge in [-0.05, 0) is 43.2 Å². The predicted molar refractivity (Wildman–Crippen MR) is 82.4 cm³/mol. The van der Waals surface area contributed by atoms with E-state index < -0.39 is 0 Å². The molecule has 0 spiro atoms. The van der Waals surface area contributed by atoms with Crippen LogP contribution in [0.5, 0.6) is 5.75 Å². The molecule has 3 heterocycles. The van der Waals surface area contributed by atoms with Gasteiger partial charge >= 0.3 is 0 Å². The van der Waals surface area contributed by atoms with Crippen LogP contribution in [-0.2, 0) is 0 Å². The summed E-state index contributed by atoms with van der Waals surface area (Å²) in [7, 11) is 0. The smallest absolute Gasteiger partial charge is 0.157 e. The molecule has 1 saturated heterocycles. The van der Waals surface area contributed by atoms with E-state index in [9.17, 15) is 5.11 Å². The fraction of sp³-hybridized carbons (Fsp3) is 0.250. The van der Waals surface area contributed by atoms with Gasteiger partial charge in [-0.1, -0.05) is 0 Å². The van der Waals surface area contributed by atoms with Gasteiger partial charge in [0, 0.05) is 18.8 Å². The van der Waals surface area contributed by atoms with Crippen molar-refractivity contribution < 1.29 is 5.11 Å². The number of rotatable bonds is 2. The average molecular weight is 280 g/mol. The fourth-order valence-electron chi connectivity index (χ4n) is 2.81. The first-order chi connectivity index (χ1) is 10.3. The Hall–Kier alpha value is -2.56. The molecule has 0 amide bonds. The minimum absolute atomic E-state index is 0.159. The zero-order valence-electron chi connectivity index (χ0n) is 11.6. The fourth-order valence-corrected chi connectivity index (χ4v) is 2.81. The Morgan fingerprint density at radius 3 is 2.71 bits per heavy atom. The van der Waals surface area contributed by atoms with Gasteiger partial charge in [0.25, 0.3) is 0 Å². The summed E-state index contributed by atoms with van der Waals surface area (Å²) in [5.41, 5.74) is 3.91.